The topological polar surface area (TPSA) is 58.6 Å². The Bertz CT molecular complexity index is 783. The normalized spacial score (nSPS) is 11.6. The summed E-state index contributed by atoms with van der Waals surface area (Å²) in [6.07, 6.45) is 0. The molecule has 2 rings (SSSR count). The monoisotopic (exact) mass is 392 g/mol. The van der Waals surface area contributed by atoms with Crippen molar-refractivity contribution in [2.24, 2.45) is 0 Å². The summed E-state index contributed by atoms with van der Waals surface area (Å²) in [5.41, 5.74) is 0.815. The molecule has 0 saturated carbocycles. The molecule has 0 heterocycles. The lowest BCUT2D eigenvalue weighted by molar-refractivity contribution is -0.142. The summed E-state index contributed by atoms with van der Waals surface area (Å²) >= 11 is 5.90. The van der Waals surface area contributed by atoms with Gasteiger partial charge in [0.2, 0.25) is 5.91 Å². The average Bonchev–Trinajstić information content (AvgIpc) is 2.66. The molecular weight excluding hydrogens is 371 g/mol. The van der Waals surface area contributed by atoms with Gasteiger partial charge in [0.25, 0.3) is 5.91 Å². The first-order valence-corrected chi connectivity index (χ1v) is 8.99. The molecule has 0 aliphatic carbocycles. The van der Waals surface area contributed by atoms with Gasteiger partial charge in [0.1, 0.15) is 6.04 Å². The lowest BCUT2D eigenvalue weighted by Gasteiger charge is -2.28. The minimum absolute atomic E-state index is 0.0112. The van der Waals surface area contributed by atoms with E-state index in [-0.39, 0.29) is 24.8 Å². The van der Waals surface area contributed by atoms with Gasteiger partial charge < -0.3 is 15.0 Å². The van der Waals surface area contributed by atoms with Crippen LogP contribution in [0.3, 0.4) is 0 Å². The zero-order valence-corrected chi connectivity index (χ0v) is 16.0. The molecule has 0 aliphatic heterocycles. The third-order valence-electron chi connectivity index (χ3n) is 3.97. The first-order valence-electron chi connectivity index (χ1n) is 8.61. The van der Waals surface area contributed by atoms with Crippen molar-refractivity contribution in [1.29, 1.82) is 0 Å². The third-order valence-corrected chi connectivity index (χ3v) is 4.22. The van der Waals surface area contributed by atoms with E-state index >= 15 is 0 Å². The maximum absolute atomic E-state index is 13.7. The highest BCUT2D eigenvalue weighted by Crippen LogP contribution is 2.17. The molecule has 0 radical (unpaired) electrons. The van der Waals surface area contributed by atoms with Gasteiger partial charge in [-0.25, -0.2) is 4.39 Å². The summed E-state index contributed by atoms with van der Waals surface area (Å²) in [6, 6.07) is 12.1. The number of carbonyl (C=O) groups is 2. The molecule has 144 valence electrons. The van der Waals surface area contributed by atoms with Crippen LogP contribution in [-0.4, -0.2) is 35.9 Å². The molecule has 27 heavy (non-hydrogen) atoms. The summed E-state index contributed by atoms with van der Waals surface area (Å²) in [5.74, 6) is -1.26. The van der Waals surface area contributed by atoms with Crippen LogP contribution >= 0.6 is 11.6 Å². The van der Waals surface area contributed by atoms with Gasteiger partial charge in [-0.1, -0.05) is 35.9 Å². The largest absolute Gasteiger partial charge is 0.481 e. The van der Waals surface area contributed by atoms with Gasteiger partial charge in [-0.2, -0.15) is 0 Å². The molecule has 1 atom stereocenters. The molecule has 0 fully saturated rings. The van der Waals surface area contributed by atoms with Crippen molar-refractivity contribution < 1.29 is 18.7 Å². The van der Waals surface area contributed by atoms with Gasteiger partial charge in [0.15, 0.2) is 18.2 Å². The molecule has 0 unspecified atom stereocenters. The smallest absolute Gasteiger partial charge is 0.261 e. The highest BCUT2D eigenvalue weighted by molar-refractivity contribution is 6.30. The number of amides is 2. The summed E-state index contributed by atoms with van der Waals surface area (Å²) < 4.78 is 19.0. The molecule has 2 aromatic carbocycles. The van der Waals surface area contributed by atoms with E-state index in [0.29, 0.717) is 11.6 Å². The molecule has 5 nitrogen and oxygen atoms in total. The van der Waals surface area contributed by atoms with Crippen LogP contribution in [0.2, 0.25) is 5.02 Å². The van der Waals surface area contributed by atoms with Crippen molar-refractivity contribution >= 4 is 23.4 Å². The van der Waals surface area contributed by atoms with Crippen molar-refractivity contribution in [2.75, 3.05) is 13.2 Å². The standard InChI is InChI=1S/C20H22ClFN2O3/c1-3-23-20(26)14(2)24(12-15-8-10-16(21)11-9-15)19(25)13-27-18-7-5-4-6-17(18)22/h4-11,14H,3,12-13H2,1-2H3,(H,23,26)/t14-/m1/s1. The number of hydrogen-bond donors (Lipinski definition) is 1. The van der Waals surface area contributed by atoms with Gasteiger partial charge in [-0.3, -0.25) is 9.59 Å². The number of carbonyl (C=O) groups excluding carboxylic acids is 2. The van der Waals surface area contributed by atoms with Crippen molar-refractivity contribution in [3.63, 3.8) is 0 Å². The van der Waals surface area contributed by atoms with Crippen molar-refractivity contribution in [2.45, 2.75) is 26.4 Å². The first kappa shape index (κ1) is 20.7. The van der Waals surface area contributed by atoms with Gasteiger partial charge in [-0.15, -0.1) is 0 Å². The number of nitrogens with zero attached hydrogens (tertiary/aromatic N) is 1. The Labute approximate surface area is 163 Å². The Kier molecular flexibility index (Phi) is 7.61. The number of benzene rings is 2. The zero-order chi connectivity index (χ0) is 19.8. The van der Waals surface area contributed by atoms with Gasteiger partial charge >= 0.3 is 0 Å². The molecule has 0 aliphatic rings. The van der Waals surface area contributed by atoms with Crippen molar-refractivity contribution in [1.82, 2.24) is 10.2 Å². The summed E-state index contributed by atoms with van der Waals surface area (Å²) in [7, 11) is 0. The Morgan fingerprint density at radius 2 is 1.85 bits per heavy atom. The molecule has 0 saturated heterocycles. The molecular formula is C20H22ClFN2O3. The minimum Gasteiger partial charge on any atom is -0.481 e. The van der Waals surface area contributed by atoms with Gasteiger partial charge in [-0.05, 0) is 43.7 Å². The van der Waals surface area contributed by atoms with E-state index in [1.165, 1.54) is 23.1 Å². The summed E-state index contributed by atoms with van der Waals surface area (Å²) in [5, 5.41) is 3.28. The van der Waals surface area contributed by atoms with E-state index in [0.717, 1.165) is 5.56 Å². The van der Waals surface area contributed by atoms with Crippen LogP contribution < -0.4 is 10.1 Å². The zero-order valence-electron chi connectivity index (χ0n) is 15.2. The highest BCUT2D eigenvalue weighted by atomic mass is 35.5. The maximum atomic E-state index is 13.7. The molecule has 2 aromatic rings. The number of halogens is 2. The fourth-order valence-electron chi connectivity index (χ4n) is 2.48. The van der Waals surface area contributed by atoms with E-state index in [1.54, 1.807) is 44.2 Å². The number of rotatable bonds is 8. The second-order valence-corrected chi connectivity index (χ2v) is 6.37. The maximum Gasteiger partial charge on any atom is 0.261 e. The molecule has 0 aromatic heterocycles. The predicted molar refractivity (Wildman–Crippen MR) is 102 cm³/mol. The van der Waals surface area contributed by atoms with E-state index < -0.39 is 17.8 Å². The lowest BCUT2D eigenvalue weighted by atomic mass is 10.1. The number of hydrogen-bond acceptors (Lipinski definition) is 3. The number of nitrogens with one attached hydrogen (secondary N) is 1. The average molecular weight is 393 g/mol. The number of para-hydroxylation sites is 1. The lowest BCUT2D eigenvalue weighted by Crippen LogP contribution is -2.49. The van der Waals surface area contributed by atoms with Crippen molar-refractivity contribution in [3.8, 4) is 5.75 Å². The fourth-order valence-corrected chi connectivity index (χ4v) is 2.60. The van der Waals surface area contributed by atoms with Crippen LogP contribution in [0.5, 0.6) is 5.75 Å². The van der Waals surface area contributed by atoms with Crippen LogP contribution in [-0.2, 0) is 16.1 Å². The van der Waals surface area contributed by atoms with E-state index in [2.05, 4.69) is 5.32 Å². The Balaban J connectivity index is 2.14. The fraction of sp³-hybridized carbons (Fsp3) is 0.300. The van der Waals surface area contributed by atoms with Crippen molar-refractivity contribution in [3.05, 3.63) is 64.9 Å². The van der Waals surface area contributed by atoms with Crippen LogP contribution in [0.15, 0.2) is 48.5 Å². The molecule has 1 N–H and O–H groups in total. The van der Waals surface area contributed by atoms with Gasteiger partial charge in [0.05, 0.1) is 0 Å². The van der Waals surface area contributed by atoms with Crippen LogP contribution in [0.4, 0.5) is 4.39 Å². The van der Waals surface area contributed by atoms with Crippen LogP contribution in [0, 0.1) is 5.82 Å². The summed E-state index contributed by atoms with van der Waals surface area (Å²) in [4.78, 5) is 26.4. The van der Waals surface area contributed by atoms with Crippen LogP contribution in [0.25, 0.3) is 0 Å². The number of likely N-dealkylation sites (N-methyl/N-ethyl adjacent to an activating group) is 1. The molecule has 2 amide bonds. The minimum atomic E-state index is -0.711. The highest BCUT2D eigenvalue weighted by Gasteiger charge is 2.26. The molecule has 7 heteroatoms. The second kappa shape index (κ2) is 9.92. The van der Waals surface area contributed by atoms with Crippen LogP contribution in [0.1, 0.15) is 19.4 Å². The van der Waals surface area contributed by atoms with E-state index in [1.807, 2.05) is 0 Å². The van der Waals surface area contributed by atoms with E-state index in [9.17, 15) is 14.0 Å². The second-order valence-electron chi connectivity index (χ2n) is 5.94. The SMILES string of the molecule is CCNC(=O)[C@@H](C)N(Cc1ccc(Cl)cc1)C(=O)COc1ccccc1F. The Morgan fingerprint density at radius 3 is 2.48 bits per heavy atom. The Hall–Kier alpha value is -2.60. The first-order chi connectivity index (χ1) is 12.9. The van der Waals surface area contributed by atoms with E-state index in [4.69, 9.17) is 16.3 Å². The Morgan fingerprint density at radius 1 is 1.19 bits per heavy atom. The third kappa shape index (κ3) is 5.96. The molecule has 0 bridgehead atoms. The van der Waals surface area contributed by atoms with Gasteiger partial charge in [0, 0.05) is 18.1 Å². The predicted octanol–water partition coefficient (Wildman–Crippen LogP) is 3.41. The quantitative estimate of drug-likeness (QED) is 0.749. The molecule has 0 spiro atoms. The number of ether oxygens (including phenoxy) is 1. The summed E-state index contributed by atoms with van der Waals surface area (Å²) in [6.45, 7) is 3.73.